The Labute approximate surface area is 194 Å². The second-order valence-electron chi connectivity index (χ2n) is 6.93. The zero-order chi connectivity index (χ0) is 22.5. The maximum absolute atomic E-state index is 12.4. The molecular weight excluding hydrogens is 482 g/mol. The number of halogens is 2. The van der Waals surface area contributed by atoms with E-state index in [2.05, 4.69) is 26.3 Å². The van der Waals surface area contributed by atoms with Gasteiger partial charge in [0, 0.05) is 23.7 Å². The average molecular weight is 505 g/mol. The first kappa shape index (κ1) is 22.9. The van der Waals surface area contributed by atoms with Gasteiger partial charge in [0.1, 0.15) is 18.1 Å². The van der Waals surface area contributed by atoms with Gasteiger partial charge in [-0.05, 0) is 71.7 Å². The van der Waals surface area contributed by atoms with E-state index in [0.717, 1.165) is 32.7 Å². The van der Waals surface area contributed by atoms with Gasteiger partial charge in [0.15, 0.2) is 0 Å². The Balaban J connectivity index is 1.72. The molecule has 31 heavy (non-hydrogen) atoms. The summed E-state index contributed by atoms with van der Waals surface area (Å²) in [6, 6.07) is 11.0. The predicted octanol–water partition coefficient (Wildman–Crippen LogP) is 5.69. The number of hydrogen-bond acceptors (Lipinski definition) is 4. The second kappa shape index (κ2) is 10.0. The SMILES string of the molecule is COc1ccc(C=CC(=O)Nc2c(C)nn(C)c2C)cc1COc1ccc(Cl)cc1Br. The van der Waals surface area contributed by atoms with Crippen molar-refractivity contribution in [3.63, 3.8) is 0 Å². The molecule has 0 bridgehead atoms. The number of hydrogen-bond donors (Lipinski definition) is 1. The van der Waals surface area contributed by atoms with Crippen molar-refractivity contribution in [1.82, 2.24) is 9.78 Å². The first-order chi connectivity index (χ1) is 14.8. The lowest BCUT2D eigenvalue weighted by molar-refractivity contribution is -0.111. The van der Waals surface area contributed by atoms with E-state index in [4.69, 9.17) is 21.1 Å². The minimum Gasteiger partial charge on any atom is -0.496 e. The van der Waals surface area contributed by atoms with Crippen molar-refractivity contribution in [3.8, 4) is 11.5 Å². The molecule has 0 saturated heterocycles. The molecule has 0 spiro atoms. The Morgan fingerprint density at radius 2 is 1.97 bits per heavy atom. The van der Waals surface area contributed by atoms with Gasteiger partial charge in [-0.3, -0.25) is 9.48 Å². The van der Waals surface area contributed by atoms with Gasteiger partial charge in [0.25, 0.3) is 0 Å². The fourth-order valence-electron chi connectivity index (χ4n) is 3.05. The number of nitrogens with one attached hydrogen (secondary N) is 1. The number of carbonyl (C=O) groups excluding carboxylic acids is 1. The highest BCUT2D eigenvalue weighted by atomic mass is 79.9. The Kier molecular flexibility index (Phi) is 7.41. The van der Waals surface area contributed by atoms with E-state index in [9.17, 15) is 4.79 Å². The summed E-state index contributed by atoms with van der Waals surface area (Å²) in [4.78, 5) is 12.4. The van der Waals surface area contributed by atoms with Crippen LogP contribution in [0.3, 0.4) is 0 Å². The normalized spacial score (nSPS) is 11.0. The third-order valence-corrected chi connectivity index (χ3v) is 5.62. The number of aromatic nitrogens is 2. The van der Waals surface area contributed by atoms with Crippen LogP contribution in [0.5, 0.6) is 11.5 Å². The lowest BCUT2D eigenvalue weighted by Crippen LogP contribution is -2.09. The Bertz CT molecular complexity index is 1140. The predicted molar refractivity (Wildman–Crippen MR) is 127 cm³/mol. The first-order valence-corrected chi connectivity index (χ1v) is 10.7. The molecule has 1 heterocycles. The molecule has 0 atom stereocenters. The highest BCUT2D eigenvalue weighted by Crippen LogP contribution is 2.30. The lowest BCUT2D eigenvalue weighted by Gasteiger charge is -2.12. The lowest BCUT2D eigenvalue weighted by atomic mass is 10.1. The number of benzene rings is 2. The highest BCUT2D eigenvalue weighted by Gasteiger charge is 2.11. The van der Waals surface area contributed by atoms with Gasteiger partial charge in [-0.25, -0.2) is 0 Å². The number of amides is 1. The molecule has 3 rings (SSSR count). The van der Waals surface area contributed by atoms with E-state index < -0.39 is 0 Å². The molecule has 0 aliphatic heterocycles. The standard InChI is InChI=1S/C23H23BrClN3O3/c1-14-23(15(2)28(3)27-14)26-22(29)10-6-16-5-8-20(30-4)17(11-16)13-31-21-9-7-18(25)12-19(21)24/h5-12H,13H2,1-4H3,(H,26,29). The molecule has 0 saturated carbocycles. The summed E-state index contributed by atoms with van der Waals surface area (Å²) in [6.45, 7) is 4.07. The molecule has 2 aromatic carbocycles. The number of aryl methyl sites for hydroxylation is 2. The molecule has 1 amide bonds. The minimum atomic E-state index is -0.224. The Morgan fingerprint density at radius 1 is 1.23 bits per heavy atom. The fraction of sp³-hybridized carbons (Fsp3) is 0.217. The van der Waals surface area contributed by atoms with E-state index >= 15 is 0 Å². The number of methoxy groups -OCH3 is 1. The number of rotatable bonds is 7. The summed E-state index contributed by atoms with van der Waals surface area (Å²) in [6.07, 6.45) is 3.24. The van der Waals surface area contributed by atoms with Crippen molar-refractivity contribution in [2.75, 3.05) is 12.4 Å². The molecule has 1 aromatic heterocycles. The van der Waals surface area contributed by atoms with Crippen LogP contribution >= 0.6 is 27.5 Å². The van der Waals surface area contributed by atoms with Crippen LogP contribution in [0.25, 0.3) is 6.08 Å². The van der Waals surface area contributed by atoms with E-state index in [0.29, 0.717) is 23.1 Å². The van der Waals surface area contributed by atoms with Gasteiger partial charge in [-0.2, -0.15) is 5.10 Å². The highest BCUT2D eigenvalue weighted by molar-refractivity contribution is 9.10. The van der Waals surface area contributed by atoms with Crippen LogP contribution in [0.4, 0.5) is 5.69 Å². The van der Waals surface area contributed by atoms with Gasteiger partial charge in [0.05, 0.1) is 28.7 Å². The van der Waals surface area contributed by atoms with Crippen LogP contribution in [0.1, 0.15) is 22.5 Å². The zero-order valence-corrected chi connectivity index (χ0v) is 20.0. The number of carbonyl (C=O) groups is 1. The van der Waals surface area contributed by atoms with Crippen molar-refractivity contribution in [2.24, 2.45) is 7.05 Å². The topological polar surface area (TPSA) is 65.4 Å². The summed E-state index contributed by atoms with van der Waals surface area (Å²) in [7, 11) is 3.45. The van der Waals surface area contributed by atoms with Gasteiger partial charge in [-0.1, -0.05) is 17.7 Å². The maximum atomic E-state index is 12.4. The summed E-state index contributed by atoms with van der Waals surface area (Å²) in [5.41, 5.74) is 4.11. The number of nitrogens with zero attached hydrogens (tertiary/aromatic N) is 2. The molecule has 0 unspecified atom stereocenters. The van der Waals surface area contributed by atoms with E-state index in [1.54, 1.807) is 36.1 Å². The minimum absolute atomic E-state index is 0.224. The van der Waals surface area contributed by atoms with E-state index in [1.807, 2.05) is 39.1 Å². The van der Waals surface area contributed by atoms with Crippen LogP contribution in [0.2, 0.25) is 5.02 Å². The molecule has 0 radical (unpaired) electrons. The van der Waals surface area contributed by atoms with Crippen LogP contribution in [-0.2, 0) is 18.4 Å². The second-order valence-corrected chi connectivity index (χ2v) is 8.22. The van der Waals surface area contributed by atoms with Crippen LogP contribution in [0, 0.1) is 13.8 Å². The summed E-state index contributed by atoms with van der Waals surface area (Å²) in [5.74, 6) is 1.15. The summed E-state index contributed by atoms with van der Waals surface area (Å²) < 4.78 is 13.9. The van der Waals surface area contributed by atoms with E-state index in [1.165, 1.54) is 6.08 Å². The molecule has 1 N–H and O–H groups in total. The van der Waals surface area contributed by atoms with Crippen molar-refractivity contribution in [3.05, 3.63) is 74.5 Å². The summed E-state index contributed by atoms with van der Waals surface area (Å²) >= 11 is 9.43. The van der Waals surface area contributed by atoms with Gasteiger partial charge < -0.3 is 14.8 Å². The molecule has 0 fully saturated rings. The van der Waals surface area contributed by atoms with Crippen molar-refractivity contribution < 1.29 is 14.3 Å². The monoisotopic (exact) mass is 503 g/mol. The van der Waals surface area contributed by atoms with Crippen molar-refractivity contribution in [1.29, 1.82) is 0 Å². The largest absolute Gasteiger partial charge is 0.496 e. The fourth-order valence-corrected chi connectivity index (χ4v) is 3.85. The molecule has 0 aliphatic rings. The Morgan fingerprint density at radius 3 is 2.61 bits per heavy atom. The molecule has 8 heteroatoms. The van der Waals surface area contributed by atoms with E-state index in [-0.39, 0.29) is 5.91 Å². The first-order valence-electron chi connectivity index (χ1n) is 9.52. The smallest absolute Gasteiger partial charge is 0.248 e. The molecular formula is C23H23BrClN3O3. The van der Waals surface area contributed by atoms with Crippen molar-refractivity contribution >= 4 is 45.2 Å². The van der Waals surface area contributed by atoms with Crippen LogP contribution in [0.15, 0.2) is 46.9 Å². The average Bonchev–Trinajstić information content (AvgIpc) is 2.97. The molecule has 162 valence electrons. The van der Waals surface area contributed by atoms with Gasteiger partial charge in [-0.15, -0.1) is 0 Å². The molecule has 0 aliphatic carbocycles. The Hall–Kier alpha value is -2.77. The van der Waals surface area contributed by atoms with Crippen molar-refractivity contribution in [2.45, 2.75) is 20.5 Å². The van der Waals surface area contributed by atoms with Crippen LogP contribution in [-0.4, -0.2) is 22.8 Å². The van der Waals surface area contributed by atoms with Crippen LogP contribution < -0.4 is 14.8 Å². The number of ether oxygens (including phenoxy) is 2. The quantitative estimate of drug-likeness (QED) is 0.420. The zero-order valence-electron chi connectivity index (χ0n) is 17.7. The third-order valence-electron chi connectivity index (χ3n) is 4.77. The number of anilines is 1. The maximum Gasteiger partial charge on any atom is 0.248 e. The molecule has 3 aromatic rings. The molecule has 6 nitrogen and oxygen atoms in total. The summed E-state index contributed by atoms with van der Waals surface area (Å²) in [5, 5.41) is 7.82. The van der Waals surface area contributed by atoms with Gasteiger partial charge >= 0.3 is 0 Å². The van der Waals surface area contributed by atoms with Gasteiger partial charge in [0.2, 0.25) is 5.91 Å². The third kappa shape index (κ3) is 5.68.